The Morgan fingerprint density at radius 3 is 1.71 bits per heavy atom. The van der Waals surface area contributed by atoms with E-state index >= 15 is 0 Å². The maximum absolute atomic E-state index is 2.17. The van der Waals surface area contributed by atoms with Crippen molar-refractivity contribution >= 4 is 0 Å². The molecule has 0 aliphatic heterocycles. The van der Waals surface area contributed by atoms with Gasteiger partial charge in [-0.15, -0.1) is 0 Å². The minimum Gasteiger partial charge on any atom is -0.0779 e. The summed E-state index contributed by atoms with van der Waals surface area (Å²) in [6.07, 6.45) is 8.48. The maximum Gasteiger partial charge on any atom is 0 e. The second kappa shape index (κ2) is 3.23. The molecule has 1 rings (SSSR count). The molecule has 0 aromatic carbocycles. The molecule has 0 aromatic rings. The average Bonchev–Trinajstić information content (AvgIpc) is 1.86. The molecule has 0 saturated heterocycles. The fourth-order valence-electron chi connectivity index (χ4n) is 0.543. The third kappa shape index (κ3) is 2.11. The molecule has 0 saturated carbocycles. The molecule has 0 fully saturated rings. The summed E-state index contributed by atoms with van der Waals surface area (Å²) in [6, 6.07) is 0. The molecular formula is C6H8Ti. The Balaban J connectivity index is 0.000000360. The van der Waals surface area contributed by atoms with Crippen molar-refractivity contribution in [3.05, 3.63) is 24.3 Å². The summed E-state index contributed by atoms with van der Waals surface area (Å²) in [4.78, 5) is 0. The molecule has 0 heterocycles. The SMILES string of the molecule is CC1C=CC=C1.[Ti]. The third-order valence-corrected chi connectivity index (χ3v) is 0.940. The molecule has 0 atom stereocenters. The van der Waals surface area contributed by atoms with Crippen LogP contribution in [0.2, 0.25) is 0 Å². The van der Waals surface area contributed by atoms with Crippen molar-refractivity contribution in [1.29, 1.82) is 0 Å². The first-order valence-electron chi connectivity index (χ1n) is 2.24. The van der Waals surface area contributed by atoms with Gasteiger partial charge in [0.05, 0.1) is 0 Å². The van der Waals surface area contributed by atoms with Crippen LogP contribution in [0.1, 0.15) is 6.92 Å². The molecule has 36 valence electrons. The first-order chi connectivity index (χ1) is 2.89. The molecule has 1 heteroatoms. The van der Waals surface area contributed by atoms with Crippen molar-refractivity contribution in [3.63, 3.8) is 0 Å². The van der Waals surface area contributed by atoms with Gasteiger partial charge in [0.25, 0.3) is 0 Å². The van der Waals surface area contributed by atoms with Crippen LogP contribution < -0.4 is 0 Å². The van der Waals surface area contributed by atoms with E-state index in [1.165, 1.54) is 0 Å². The summed E-state index contributed by atoms with van der Waals surface area (Å²) in [6.45, 7) is 2.17. The van der Waals surface area contributed by atoms with Crippen LogP contribution in [0.25, 0.3) is 0 Å². The monoisotopic (exact) mass is 128 g/mol. The van der Waals surface area contributed by atoms with Gasteiger partial charge in [0, 0.05) is 21.7 Å². The molecule has 1 aliphatic carbocycles. The quantitative estimate of drug-likeness (QED) is 0.436. The number of allylic oxidation sites excluding steroid dienone is 4. The molecule has 0 aromatic heterocycles. The molecular weight excluding hydrogens is 120 g/mol. The minimum absolute atomic E-state index is 0. The minimum atomic E-state index is 0. The maximum atomic E-state index is 2.17. The Kier molecular flexibility index (Phi) is 3.32. The van der Waals surface area contributed by atoms with Crippen molar-refractivity contribution in [3.8, 4) is 0 Å². The normalized spacial score (nSPS) is 17.3. The standard InChI is InChI=1S/C6H8.Ti/c1-6-4-2-3-5-6;/h2-6H,1H3;. The van der Waals surface area contributed by atoms with Crippen LogP contribution >= 0.6 is 0 Å². The molecule has 7 heavy (non-hydrogen) atoms. The Hall–Kier alpha value is 0.194. The van der Waals surface area contributed by atoms with Gasteiger partial charge in [-0.3, -0.25) is 0 Å². The van der Waals surface area contributed by atoms with Crippen molar-refractivity contribution in [2.75, 3.05) is 0 Å². The fraction of sp³-hybridized carbons (Fsp3) is 0.333. The van der Waals surface area contributed by atoms with E-state index in [0.29, 0.717) is 5.92 Å². The number of hydrogen-bond donors (Lipinski definition) is 0. The van der Waals surface area contributed by atoms with Crippen LogP contribution in [0.4, 0.5) is 0 Å². The van der Waals surface area contributed by atoms with Gasteiger partial charge in [0.2, 0.25) is 0 Å². The summed E-state index contributed by atoms with van der Waals surface area (Å²) in [5.41, 5.74) is 0. The first-order valence-corrected chi connectivity index (χ1v) is 2.24. The molecule has 0 N–H and O–H groups in total. The first kappa shape index (κ1) is 7.19. The molecule has 0 spiro atoms. The summed E-state index contributed by atoms with van der Waals surface area (Å²) in [5.74, 6) is 0.685. The Bertz CT molecular complexity index is 80.4. The van der Waals surface area contributed by atoms with Gasteiger partial charge >= 0.3 is 0 Å². The summed E-state index contributed by atoms with van der Waals surface area (Å²) < 4.78 is 0. The average molecular weight is 128 g/mol. The van der Waals surface area contributed by atoms with E-state index in [0.717, 1.165) is 0 Å². The van der Waals surface area contributed by atoms with Gasteiger partial charge in [-0.25, -0.2) is 0 Å². The van der Waals surface area contributed by atoms with Crippen LogP contribution in [0.15, 0.2) is 24.3 Å². The second-order valence-corrected chi connectivity index (χ2v) is 1.63. The van der Waals surface area contributed by atoms with Crippen molar-refractivity contribution in [2.24, 2.45) is 5.92 Å². The van der Waals surface area contributed by atoms with Crippen LogP contribution in [0.5, 0.6) is 0 Å². The van der Waals surface area contributed by atoms with Gasteiger partial charge in [-0.1, -0.05) is 31.2 Å². The molecule has 0 radical (unpaired) electrons. The fourth-order valence-corrected chi connectivity index (χ4v) is 0.543. The van der Waals surface area contributed by atoms with Crippen LogP contribution in [-0.2, 0) is 21.7 Å². The molecule has 0 amide bonds. The largest absolute Gasteiger partial charge is 0.0779 e. The Morgan fingerprint density at radius 2 is 1.57 bits per heavy atom. The Morgan fingerprint density at radius 1 is 1.14 bits per heavy atom. The van der Waals surface area contributed by atoms with Gasteiger partial charge < -0.3 is 0 Å². The zero-order valence-electron chi connectivity index (χ0n) is 4.39. The molecule has 0 bridgehead atoms. The van der Waals surface area contributed by atoms with E-state index in [2.05, 4.69) is 31.2 Å². The summed E-state index contributed by atoms with van der Waals surface area (Å²) >= 11 is 0. The number of rotatable bonds is 0. The predicted octanol–water partition coefficient (Wildman–Crippen LogP) is 1.75. The van der Waals surface area contributed by atoms with Gasteiger partial charge in [0.1, 0.15) is 0 Å². The van der Waals surface area contributed by atoms with E-state index in [-0.39, 0.29) is 21.7 Å². The van der Waals surface area contributed by atoms with E-state index in [1.54, 1.807) is 0 Å². The molecule has 0 nitrogen and oxygen atoms in total. The van der Waals surface area contributed by atoms with E-state index in [4.69, 9.17) is 0 Å². The second-order valence-electron chi connectivity index (χ2n) is 1.63. The molecule has 1 aliphatic rings. The summed E-state index contributed by atoms with van der Waals surface area (Å²) in [7, 11) is 0. The van der Waals surface area contributed by atoms with Crippen molar-refractivity contribution in [1.82, 2.24) is 0 Å². The third-order valence-electron chi connectivity index (χ3n) is 0.940. The van der Waals surface area contributed by atoms with Crippen molar-refractivity contribution in [2.45, 2.75) is 6.92 Å². The Labute approximate surface area is 59.2 Å². The predicted molar refractivity (Wildman–Crippen MR) is 27.4 cm³/mol. The topological polar surface area (TPSA) is 0 Å². The van der Waals surface area contributed by atoms with Crippen LogP contribution in [0, 0.1) is 5.92 Å². The van der Waals surface area contributed by atoms with E-state index in [9.17, 15) is 0 Å². The molecule has 0 unspecified atom stereocenters. The zero-order chi connectivity index (χ0) is 4.41. The summed E-state index contributed by atoms with van der Waals surface area (Å²) in [5, 5.41) is 0. The van der Waals surface area contributed by atoms with Gasteiger partial charge in [-0.2, -0.15) is 0 Å². The number of hydrogen-bond acceptors (Lipinski definition) is 0. The van der Waals surface area contributed by atoms with Gasteiger partial charge in [0.15, 0.2) is 0 Å². The smallest absolute Gasteiger partial charge is 0 e. The van der Waals surface area contributed by atoms with E-state index < -0.39 is 0 Å². The van der Waals surface area contributed by atoms with Crippen LogP contribution in [0.3, 0.4) is 0 Å². The van der Waals surface area contributed by atoms with E-state index in [1.807, 2.05) is 0 Å². The van der Waals surface area contributed by atoms with Crippen molar-refractivity contribution < 1.29 is 21.7 Å². The van der Waals surface area contributed by atoms with Gasteiger partial charge in [-0.05, 0) is 5.92 Å². The zero-order valence-corrected chi connectivity index (χ0v) is 5.95. The van der Waals surface area contributed by atoms with Crippen LogP contribution in [-0.4, -0.2) is 0 Å².